The van der Waals surface area contributed by atoms with Gasteiger partial charge in [-0.15, -0.1) is 0 Å². The molecule has 1 aromatic rings. The van der Waals surface area contributed by atoms with Crippen LogP contribution < -0.4 is 10.2 Å². The first-order valence-corrected chi connectivity index (χ1v) is 5.81. The van der Waals surface area contributed by atoms with Gasteiger partial charge in [0.25, 0.3) is 0 Å². The molecule has 1 N–H and O–H groups in total. The summed E-state index contributed by atoms with van der Waals surface area (Å²) >= 11 is 6.09. The number of halogens is 1. The topological polar surface area (TPSA) is 15.3 Å². The minimum absolute atomic E-state index is 0.314. The van der Waals surface area contributed by atoms with Crippen molar-refractivity contribution in [3.63, 3.8) is 0 Å². The maximum Gasteiger partial charge on any atom is 0.0410 e. The van der Waals surface area contributed by atoms with Crippen LogP contribution >= 0.6 is 11.6 Å². The lowest BCUT2D eigenvalue weighted by Crippen LogP contribution is -2.33. The zero-order valence-electron chi connectivity index (χ0n) is 8.89. The van der Waals surface area contributed by atoms with Crippen LogP contribution in [-0.4, -0.2) is 26.7 Å². The Kier molecular flexibility index (Phi) is 1.98. The smallest absolute Gasteiger partial charge is 0.0410 e. The summed E-state index contributed by atoms with van der Waals surface area (Å²) in [6.07, 6.45) is 1.23. The standard InChI is InChI=1S/C12H15ClN2/c1-15-8-12(4-5-14-7-12)10-6-9(13)2-3-11(10)15/h2-3,6,14H,4-5,7-8H2,1H3/t12-/m0/s1. The SMILES string of the molecule is CN1C[C@@]2(CCNC2)c2cc(Cl)ccc21. The summed E-state index contributed by atoms with van der Waals surface area (Å²) in [4.78, 5) is 2.35. The van der Waals surface area contributed by atoms with E-state index in [0.29, 0.717) is 5.41 Å². The predicted molar refractivity (Wildman–Crippen MR) is 63.9 cm³/mol. The van der Waals surface area contributed by atoms with Gasteiger partial charge in [0, 0.05) is 36.3 Å². The van der Waals surface area contributed by atoms with Crippen molar-refractivity contribution >= 4 is 17.3 Å². The van der Waals surface area contributed by atoms with Crippen LogP contribution in [0.5, 0.6) is 0 Å². The van der Waals surface area contributed by atoms with Crippen molar-refractivity contribution in [2.24, 2.45) is 0 Å². The number of likely N-dealkylation sites (N-methyl/N-ethyl adjacent to an activating group) is 1. The summed E-state index contributed by atoms with van der Waals surface area (Å²) in [7, 11) is 2.17. The summed E-state index contributed by atoms with van der Waals surface area (Å²) in [5, 5.41) is 4.32. The summed E-state index contributed by atoms with van der Waals surface area (Å²) in [5.74, 6) is 0. The normalized spacial score (nSPS) is 28.8. The first-order valence-electron chi connectivity index (χ1n) is 5.43. The Bertz CT molecular complexity index is 397. The molecule has 2 aliphatic rings. The van der Waals surface area contributed by atoms with E-state index in [1.54, 1.807) is 0 Å². The molecule has 3 heteroatoms. The lowest BCUT2D eigenvalue weighted by Gasteiger charge is -2.23. The number of benzene rings is 1. The molecule has 80 valence electrons. The zero-order valence-corrected chi connectivity index (χ0v) is 9.64. The first kappa shape index (κ1) is 9.49. The lowest BCUT2D eigenvalue weighted by atomic mass is 9.82. The van der Waals surface area contributed by atoms with E-state index >= 15 is 0 Å². The summed E-state index contributed by atoms with van der Waals surface area (Å²) in [5.41, 5.74) is 3.10. The number of fused-ring (bicyclic) bond motifs is 2. The van der Waals surface area contributed by atoms with Crippen LogP contribution in [0.2, 0.25) is 5.02 Å². The van der Waals surface area contributed by atoms with Crippen molar-refractivity contribution < 1.29 is 0 Å². The average molecular weight is 223 g/mol. The molecule has 0 saturated carbocycles. The monoisotopic (exact) mass is 222 g/mol. The summed E-state index contributed by atoms with van der Waals surface area (Å²) < 4.78 is 0. The number of nitrogens with one attached hydrogen (secondary N) is 1. The van der Waals surface area contributed by atoms with Gasteiger partial charge < -0.3 is 10.2 Å². The molecule has 3 rings (SSSR count). The van der Waals surface area contributed by atoms with Gasteiger partial charge in [-0.1, -0.05) is 11.6 Å². The van der Waals surface area contributed by atoms with E-state index in [1.807, 2.05) is 6.07 Å². The molecule has 1 fully saturated rings. The molecule has 2 aliphatic heterocycles. The van der Waals surface area contributed by atoms with E-state index in [1.165, 1.54) is 17.7 Å². The van der Waals surface area contributed by atoms with E-state index in [0.717, 1.165) is 24.7 Å². The highest BCUT2D eigenvalue weighted by Gasteiger charge is 2.43. The van der Waals surface area contributed by atoms with Crippen molar-refractivity contribution in [1.29, 1.82) is 0 Å². The van der Waals surface area contributed by atoms with Gasteiger partial charge in [0.2, 0.25) is 0 Å². The number of anilines is 1. The van der Waals surface area contributed by atoms with Gasteiger partial charge in [0.05, 0.1) is 0 Å². The maximum atomic E-state index is 6.09. The molecule has 0 unspecified atom stereocenters. The van der Waals surface area contributed by atoms with Gasteiger partial charge in [-0.3, -0.25) is 0 Å². The van der Waals surface area contributed by atoms with Crippen molar-refractivity contribution in [2.75, 3.05) is 31.6 Å². The Morgan fingerprint density at radius 3 is 3.07 bits per heavy atom. The minimum atomic E-state index is 0.314. The van der Waals surface area contributed by atoms with Gasteiger partial charge in [-0.25, -0.2) is 0 Å². The van der Waals surface area contributed by atoms with E-state index in [9.17, 15) is 0 Å². The predicted octanol–water partition coefficient (Wildman–Crippen LogP) is 2.02. The quantitative estimate of drug-likeness (QED) is 0.723. The molecule has 1 saturated heterocycles. The fourth-order valence-corrected chi connectivity index (χ4v) is 3.17. The fourth-order valence-electron chi connectivity index (χ4n) is 3.00. The van der Waals surface area contributed by atoms with E-state index < -0.39 is 0 Å². The molecule has 0 aliphatic carbocycles. The lowest BCUT2D eigenvalue weighted by molar-refractivity contribution is 0.504. The third-order valence-electron chi connectivity index (χ3n) is 3.72. The fraction of sp³-hybridized carbons (Fsp3) is 0.500. The van der Waals surface area contributed by atoms with Crippen molar-refractivity contribution in [2.45, 2.75) is 11.8 Å². The number of hydrogen-bond acceptors (Lipinski definition) is 2. The molecule has 15 heavy (non-hydrogen) atoms. The van der Waals surface area contributed by atoms with Gasteiger partial charge in [-0.2, -0.15) is 0 Å². The molecular weight excluding hydrogens is 208 g/mol. The molecule has 0 radical (unpaired) electrons. The molecule has 1 atom stereocenters. The first-order chi connectivity index (χ1) is 7.21. The Balaban J connectivity index is 2.15. The van der Waals surface area contributed by atoms with Crippen LogP contribution in [0.3, 0.4) is 0 Å². The number of nitrogens with zero attached hydrogens (tertiary/aromatic N) is 1. The van der Waals surface area contributed by atoms with Crippen molar-refractivity contribution in [3.05, 3.63) is 28.8 Å². The van der Waals surface area contributed by atoms with Gasteiger partial charge >= 0.3 is 0 Å². The highest BCUT2D eigenvalue weighted by atomic mass is 35.5. The second-order valence-electron chi connectivity index (χ2n) is 4.72. The molecule has 0 amide bonds. The molecule has 1 aromatic carbocycles. The van der Waals surface area contributed by atoms with Crippen LogP contribution in [0, 0.1) is 0 Å². The third-order valence-corrected chi connectivity index (χ3v) is 3.96. The Labute approximate surface area is 95.2 Å². The molecule has 2 heterocycles. The molecule has 0 aromatic heterocycles. The average Bonchev–Trinajstić information content (AvgIpc) is 2.76. The van der Waals surface area contributed by atoms with Crippen LogP contribution in [0.15, 0.2) is 18.2 Å². The van der Waals surface area contributed by atoms with Crippen LogP contribution in [0.25, 0.3) is 0 Å². The Hall–Kier alpha value is -0.730. The Morgan fingerprint density at radius 1 is 1.47 bits per heavy atom. The third kappa shape index (κ3) is 1.28. The summed E-state index contributed by atoms with van der Waals surface area (Å²) in [6, 6.07) is 6.27. The highest BCUT2D eigenvalue weighted by molar-refractivity contribution is 6.30. The molecular formula is C12H15ClN2. The van der Waals surface area contributed by atoms with Gasteiger partial charge in [-0.05, 0) is 36.7 Å². The highest BCUT2D eigenvalue weighted by Crippen LogP contribution is 2.44. The van der Waals surface area contributed by atoms with E-state index in [-0.39, 0.29) is 0 Å². The van der Waals surface area contributed by atoms with Gasteiger partial charge in [0.1, 0.15) is 0 Å². The van der Waals surface area contributed by atoms with E-state index in [4.69, 9.17) is 11.6 Å². The van der Waals surface area contributed by atoms with Gasteiger partial charge in [0.15, 0.2) is 0 Å². The maximum absolute atomic E-state index is 6.09. The second kappa shape index (κ2) is 3.13. The molecule has 2 nitrogen and oxygen atoms in total. The summed E-state index contributed by atoms with van der Waals surface area (Å²) in [6.45, 7) is 3.33. The molecule has 1 spiro atoms. The van der Waals surface area contributed by atoms with Crippen LogP contribution in [0.4, 0.5) is 5.69 Å². The number of rotatable bonds is 0. The Morgan fingerprint density at radius 2 is 2.33 bits per heavy atom. The zero-order chi connectivity index (χ0) is 10.5. The molecule has 0 bridgehead atoms. The second-order valence-corrected chi connectivity index (χ2v) is 5.16. The largest absolute Gasteiger partial charge is 0.373 e. The number of hydrogen-bond donors (Lipinski definition) is 1. The van der Waals surface area contributed by atoms with Crippen molar-refractivity contribution in [1.82, 2.24) is 5.32 Å². The van der Waals surface area contributed by atoms with Crippen molar-refractivity contribution in [3.8, 4) is 0 Å². The van der Waals surface area contributed by atoms with Crippen LogP contribution in [0.1, 0.15) is 12.0 Å². The minimum Gasteiger partial charge on any atom is -0.373 e. The van der Waals surface area contributed by atoms with E-state index in [2.05, 4.69) is 29.4 Å². The van der Waals surface area contributed by atoms with Crippen LogP contribution in [-0.2, 0) is 5.41 Å².